The third-order valence-corrected chi connectivity index (χ3v) is 11.7. The van der Waals surface area contributed by atoms with Gasteiger partial charge in [0, 0.05) is 61.1 Å². The summed E-state index contributed by atoms with van der Waals surface area (Å²) in [6, 6.07) is 11.8. The minimum atomic E-state index is -0.764. The molecule has 382 valence electrons. The molecule has 5 amide bonds. The number of hydrogen-bond donors (Lipinski definition) is 6. The molecule has 5 aromatic rings. The van der Waals surface area contributed by atoms with Gasteiger partial charge in [-0.1, -0.05) is 0 Å². The van der Waals surface area contributed by atoms with Crippen molar-refractivity contribution < 1.29 is 65.3 Å². The molecule has 4 atom stereocenters. The van der Waals surface area contributed by atoms with E-state index in [1.165, 1.54) is 77.9 Å². The van der Waals surface area contributed by atoms with Crippen LogP contribution in [0.25, 0.3) is 0 Å². The van der Waals surface area contributed by atoms with Crippen molar-refractivity contribution >= 4 is 59.6 Å². The number of ether oxygens (including phenoxy) is 4. The largest absolute Gasteiger partial charge is 0.492 e. The predicted molar refractivity (Wildman–Crippen MR) is 254 cm³/mol. The molecule has 0 bridgehead atoms. The molecule has 0 unspecified atom stereocenters. The van der Waals surface area contributed by atoms with Crippen LogP contribution in [0, 0.1) is 37.1 Å². The number of fused-ring (bicyclic) bond motifs is 2. The van der Waals surface area contributed by atoms with Crippen LogP contribution in [0.5, 0.6) is 11.5 Å². The van der Waals surface area contributed by atoms with E-state index in [2.05, 4.69) is 31.6 Å². The Bertz CT molecular complexity index is 2820. The Morgan fingerprint density at radius 3 is 1.71 bits per heavy atom. The topological polar surface area (TPSA) is 243 Å². The number of halogens is 5. The zero-order valence-corrected chi connectivity index (χ0v) is 39.7. The molecule has 9 rings (SSSR count). The second-order valence-corrected chi connectivity index (χ2v) is 16.8. The van der Waals surface area contributed by atoms with Gasteiger partial charge in [0.25, 0.3) is 11.8 Å². The minimum absolute atomic E-state index is 0. The molecular formula is C49H51ClF4N8O10. The van der Waals surface area contributed by atoms with Crippen LogP contribution in [0.2, 0.25) is 0 Å². The molecule has 18 nitrogen and oxygen atoms in total. The highest BCUT2D eigenvalue weighted by molar-refractivity contribution is 6.07. The molecule has 0 radical (unpaired) electrons. The van der Waals surface area contributed by atoms with Gasteiger partial charge in [-0.3, -0.25) is 19.2 Å². The lowest BCUT2D eigenvalue weighted by atomic mass is 9.96. The lowest BCUT2D eigenvalue weighted by Gasteiger charge is -2.28. The van der Waals surface area contributed by atoms with Gasteiger partial charge < -0.3 is 51.3 Å². The van der Waals surface area contributed by atoms with Crippen LogP contribution in [0.1, 0.15) is 93.6 Å². The van der Waals surface area contributed by atoms with Crippen molar-refractivity contribution in [2.75, 3.05) is 37.1 Å². The summed E-state index contributed by atoms with van der Waals surface area (Å²) in [4.78, 5) is 74.7. The summed E-state index contributed by atoms with van der Waals surface area (Å²) >= 11 is 0. The summed E-state index contributed by atoms with van der Waals surface area (Å²) in [7, 11) is 0. The van der Waals surface area contributed by atoms with Crippen molar-refractivity contribution in [3.8, 4) is 11.5 Å². The Morgan fingerprint density at radius 2 is 1.21 bits per heavy atom. The number of alkyl carbamates (subject to hydrolysis) is 1. The first-order chi connectivity index (χ1) is 34.0. The van der Waals surface area contributed by atoms with Gasteiger partial charge in [0.2, 0.25) is 11.8 Å². The Balaban J connectivity index is 0.000000189. The SMILES string of the molecule is Cc1cc(NC(=O)c2ccc(F)c3c2OCC[C@@H]3N)ccc1F.Cc1cc(NC(=O)c2ccc(F)c3c2OCC[C@@H]3NC(=O)OC[C@H]2CCC(=O)N2)ccc1F.Cl.O=C1CC[C@H](COC(=O)n2ccnc2)N1. The number of carbonyl (C=O) groups is 6. The fraction of sp³-hybridized carbons (Fsp3) is 0.327. The van der Waals surface area contributed by atoms with Crippen LogP contribution in [0.4, 0.5) is 38.5 Å². The number of hydrogen-bond acceptors (Lipinski definition) is 12. The van der Waals surface area contributed by atoms with Crippen molar-refractivity contribution in [2.45, 2.75) is 76.5 Å². The summed E-state index contributed by atoms with van der Waals surface area (Å²) in [6.07, 6.45) is 6.10. The average Bonchev–Trinajstić information content (AvgIpc) is 4.14. The van der Waals surface area contributed by atoms with Crippen molar-refractivity contribution in [3.63, 3.8) is 0 Å². The normalized spacial score (nSPS) is 18.2. The zero-order chi connectivity index (χ0) is 50.8. The van der Waals surface area contributed by atoms with E-state index in [0.29, 0.717) is 54.8 Å². The van der Waals surface area contributed by atoms with Gasteiger partial charge >= 0.3 is 12.2 Å². The van der Waals surface area contributed by atoms with Gasteiger partial charge in [-0.25, -0.2) is 36.7 Å². The fourth-order valence-corrected chi connectivity index (χ4v) is 7.91. The van der Waals surface area contributed by atoms with Crippen molar-refractivity contribution in [3.05, 3.63) is 136 Å². The number of nitrogens with zero attached hydrogens (tertiary/aromatic N) is 2. The number of nitrogens with one attached hydrogen (secondary N) is 5. The van der Waals surface area contributed by atoms with E-state index < -0.39 is 53.5 Å². The maximum Gasteiger partial charge on any atom is 0.419 e. The number of amides is 5. The maximum absolute atomic E-state index is 14.7. The molecule has 1 aromatic heterocycles. The summed E-state index contributed by atoms with van der Waals surface area (Å²) in [5.74, 6) is -2.74. The van der Waals surface area contributed by atoms with E-state index in [9.17, 15) is 46.3 Å². The predicted octanol–water partition coefficient (Wildman–Crippen LogP) is 7.23. The number of anilines is 2. The molecule has 0 saturated carbocycles. The van der Waals surface area contributed by atoms with E-state index in [-0.39, 0.29) is 102 Å². The molecule has 2 fully saturated rings. The van der Waals surface area contributed by atoms with Gasteiger partial charge in [0.15, 0.2) is 0 Å². The van der Waals surface area contributed by atoms with Gasteiger partial charge in [-0.15, -0.1) is 12.4 Å². The molecule has 0 spiro atoms. The van der Waals surface area contributed by atoms with Gasteiger partial charge in [0.1, 0.15) is 54.3 Å². The summed E-state index contributed by atoms with van der Waals surface area (Å²) in [5, 5.41) is 13.3. The number of imidazole rings is 1. The van der Waals surface area contributed by atoms with Crippen LogP contribution < -0.4 is 41.8 Å². The Hall–Kier alpha value is -7.72. The van der Waals surface area contributed by atoms with E-state index in [0.717, 1.165) is 12.5 Å². The fourth-order valence-electron chi connectivity index (χ4n) is 7.91. The number of rotatable bonds is 9. The second kappa shape index (κ2) is 24.4. The van der Waals surface area contributed by atoms with Crippen LogP contribution in [-0.2, 0) is 19.1 Å². The van der Waals surface area contributed by atoms with E-state index in [1.807, 2.05) is 0 Å². The molecule has 7 N–H and O–H groups in total. The van der Waals surface area contributed by atoms with Gasteiger partial charge in [-0.2, -0.15) is 0 Å². The molecule has 72 heavy (non-hydrogen) atoms. The van der Waals surface area contributed by atoms with Crippen LogP contribution in [0.3, 0.4) is 0 Å². The molecular weight excluding hydrogens is 972 g/mol. The van der Waals surface area contributed by atoms with Gasteiger partial charge in [-0.05, 0) is 98.5 Å². The smallest absolute Gasteiger partial charge is 0.419 e. The van der Waals surface area contributed by atoms with Crippen LogP contribution in [-0.4, -0.2) is 83.9 Å². The van der Waals surface area contributed by atoms with E-state index >= 15 is 0 Å². The average molecular weight is 1020 g/mol. The number of aryl methyl sites for hydroxylation is 2. The summed E-state index contributed by atoms with van der Waals surface area (Å²) in [6.45, 7) is 3.87. The monoisotopic (exact) mass is 1020 g/mol. The van der Waals surface area contributed by atoms with E-state index in [1.54, 1.807) is 13.8 Å². The van der Waals surface area contributed by atoms with Crippen molar-refractivity contribution in [2.24, 2.45) is 5.73 Å². The standard InChI is InChI=1S/C23H23F2N3O5.C17H16F2N2O2.C9H11N3O3.ClH/c1-12-10-13(2-5-16(12)24)27-22(30)15-4-6-17(25)20-18(8-9-32-21(15)20)28-23(31)33-11-14-3-7-19(29)26-14;1-9-8-10(2-4-12(9)18)21-17(22)11-3-5-13(19)15-14(20)6-7-23-16(11)15;13-8-2-1-7(11-8)5-15-9(14)12-4-3-10-6-12;/h2,4-6,10,14,18H,3,7-9,11H2,1H3,(H,26,29)(H,27,30)(H,28,31);2-5,8,14H,6-7,20H2,1H3,(H,21,22);3-4,6-7H,1-2,5H2,(H,11,13);1H/t14-,18+;14-;7-;/m101./s1. The quantitative estimate of drug-likeness (QED) is 0.0802. The number of carbonyl (C=O) groups excluding carboxylic acids is 6. The van der Waals surface area contributed by atoms with E-state index in [4.69, 9.17) is 24.7 Å². The minimum Gasteiger partial charge on any atom is -0.492 e. The number of aromatic nitrogens is 2. The van der Waals surface area contributed by atoms with Gasteiger partial charge in [0.05, 0.1) is 48.0 Å². The lowest BCUT2D eigenvalue weighted by Crippen LogP contribution is -2.37. The second-order valence-electron chi connectivity index (χ2n) is 16.8. The van der Waals surface area contributed by atoms with Crippen molar-refractivity contribution in [1.82, 2.24) is 25.5 Å². The molecule has 4 aliphatic heterocycles. The number of nitrogens with two attached hydrogens (primary N) is 1. The highest BCUT2D eigenvalue weighted by atomic mass is 35.5. The molecule has 4 aliphatic rings. The maximum atomic E-state index is 14.7. The molecule has 5 heterocycles. The first-order valence-corrected chi connectivity index (χ1v) is 22.5. The molecule has 2 saturated heterocycles. The summed E-state index contributed by atoms with van der Waals surface area (Å²) < 4.78 is 77.9. The Morgan fingerprint density at radius 1 is 0.708 bits per heavy atom. The molecule has 23 heteroatoms. The van der Waals surface area contributed by atoms with Crippen LogP contribution >= 0.6 is 12.4 Å². The first kappa shape index (κ1) is 53.6. The first-order valence-electron chi connectivity index (χ1n) is 22.5. The highest BCUT2D eigenvalue weighted by Crippen LogP contribution is 2.38. The van der Waals surface area contributed by atoms with Crippen LogP contribution in [0.15, 0.2) is 79.4 Å². The Labute approximate surface area is 416 Å². The van der Waals surface area contributed by atoms with Crippen molar-refractivity contribution in [1.29, 1.82) is 0 Å². The summed E-state index contributed by atoms with van der Waals surface area (Å²) in [5.41, 5.74) is 8.09. The zero-order valence-electron chi connectivity index (χ0n) is 38.9. The third-order valence-electron chi connectivity index (χ3n) is 11.7. The lowest BCUT2D eigenvalue weighted by molar-refractivity contribution is -0.120. The number of benzene rings is 4. The highest BCUT2D eigenvalue weighted by Gasteiger charge is 2.32. The Kier molecular flexibility index (Phi) is 18.2. The third kappa shape index (κ3) is 13.6. The molecule has 4 aromatic carbocycles. The molecule has 0 aliphatic carbocycles.